The fourth-order valence-electron chi connectivity index (χ4n) is 4.12. The zero-order valence-electron chi connectivity index (χ0n) is 11.9. The van der Waals surface area contributed by atoms with Crippen molar-refractivity contribution in [2.75, 3.05) is 0 Å². The largest absolute Gasteiger partial charge is 0.325 e. The van der Waals surface area contributed by atoms with Crippen LogP contribution in [-0.4, -0.2) is 5.54 Å². The van der Waals surface area contributed by atoms with Crippen LogP contribution in [0.15, 0.2) is 0 Å². The Hall–Kier alpha value is -0.0400. The molecule has 0 aromatic carbocycles. The van der Waals surface area contributed by atoms with E-state index in [2.05, 4.69) is 13.8 Å². The molecule has 0 aromatic heterocycles. The zero-order valence-corrected chi connectivity index (χ0v) is 11.9. The molecule has 0 aliphatic heterocycles. The van der Waals surface area contributed by atoms with Gasteiger partial charge < -0.3 is 5.73 Å². The first-order valence-electron chi connectivity index (χ1n) is 7.93. The van der Waals surface area contributed by atoms with E-state index in [0.29, 0.717) is 0 Å². The zero-order chi connectivity index (χ0) is 12.3. The molecule has 2 fully saturated rings. The van der Waals surface area contributed by atoms with Crippen LogP contribution in [0, 0.1) is 17.8 Å². The molecule has 0 radical (unpaired) electrons. The Balaban J connectivity index is 1.91. The molecule has 0 aromatic rings. The van der Waals surface area contributed by atoms with E-state index >= 15 is 0 Å². The lowest BCUT2D eigenvalue weighted by molar-refractivity contribution is 0.153. The Labute approximate surface area is 108 Å². The maximum Gasteiger partial charge on any atom is 0.0182 e. The van der Waals surface area contributed by atoms with Gasteiger partial charge in [-0.3, -0.25) is 0 Å². The summed E-state index contributed by atoms with van der Waals surface area (Å²) in [7, 11) is 0. The van der Waals surface area contributed by atoms with Gasteiger partial charge in [-0.05, 0) is 49.9 Å². The topological polar surface area (TPSA) is 26.0 Å². The summed E-state index contributed by atoms with van der Waals surface area (Å²) in [6.07, 6.45) is 13.8. The van der Waals surface area contributed by atoms with Gasteiger partial charge in [-0.1, -0.05) is 46.0 Å². The molecule has 2 saturated carbocycles. The Bertz CT molecular complexity index is 230. The quantitative estimate of drug-likeness (QED) is 0.703. The van der Waals surface area contributed by atoms with E-state index in [0.717, 1.165) is 17.8 Å². The SMILES string of the molecule is CCC1CCC(C2(N)CCCC(C)CC2)CC1. The molecule has 0 bridgehead atoms. The van der Waals surface area contributed by atoms with Gasteiger partial charge in [0.05, 0.1) is 0 Å². The summed E-state index contributed by atoms with van der Waals surface area (Å²) in [5.41, 5.74) is 6.98. The van der Waals surface area contributed by atoms with Gasteiger partial charge in [-0.25, -0.2) is 0 Å². The molecule has 17 heavy (non-hydrogen) atoms. The highest BCUT2D eigenvalue weighted by Gasteiger charge is 2.37. The van der Waals surface area contributed by atoms with Crippen molar-refractivity contribution in [3.05, 3.63) is 0 Å². The minimum absolute atomic E-state index is 0.198. The predicted molar refractivity (Wildman–Crippen MR) is 74.9 cm³/mol. The predicted octanol–water partition coefficient (Wildman–Crippen LogP) is 4.50. The average molecular weight is 237 g/mol. The Morgan fingerprint density at radius 1 is 1.00 bits per heavy atom. The molecular weight excluding hydrogens is 206 g/mol. The Morgan fingerprint density at radius 2 is 1.71 bits per heavy atom. The molecule has 2 aliphatic carbocycles. The lowest BCUT2D eigenvalue weighted by atomic mass is 9.68. The third-order valence-electron chi connectivity index (χ3n) is 5.68. The fraction of sp³-hybridized carbons (Fsp3) is 1.00. The molecule has 2 N–H and O–H groups in total. The van der Waals surface area contributed by atoms with E-state index in [4.69, 9.17) is 5.73 Å². The minimum Gasteiger partial charge on any atom is -0.325 e. The maximum atomic E-state index is 6.78. The normalized spacial score (nSPS) is 44.3. The summed E-state index contributed by atoms with van der Waals surface area (Å²) in [4.78, 5) is 0. The van der Waals surface area contributed by atoms with Crippen molar-refractivity contribution < 1.29 is 0 Å². The maximum absolute atomic E-state index is 6.78. The second-order valence-corrected chi connectivity index (χ2v) is 6.90. The van der Waals surface area contributed by atoms with Gasteiger partial charge in [0.2, 0.25) is 0 Å². The minimum atomic E-state index is 0.198. The highest BCUT2D eigenvalue weighted by atomic mass is 14.8. The second-order valence-electron chi connectivity index (χ2n) is 6.90. The molecule has 0 heterocycles. The summed E-state index contributed by atoms with van der Waals surface area (Å²) in [5, 5.41) is 0. The fourth-order valence-corrected chi connectivity index (χ4v) is 4.12. The van der Waals surface area contributed by atoms with Crippen LogP contribution in [0.2, 0.25) is 0 Å². The van der Waals surface area contributed by atoms with Crippen LogP contribution in [0.25, 0.3) is 0 Å². The first-order chi connectivity index (χ1) is 8.14. The molecule has 0 saturated heterocycles. The van der Waals surface area contributed by atoms with Crippen LogP contribution >= 0.6 is 0 Å². The standard InChI is InChI=1S/C16H31N/c1-3-14-6-8-15(9-7-14)16(17)11-4-5-13(2)10-12-16/h13-15H,3-12,17H2,1-2H3. The summed E-state index contributed by atoms with van der Waals surface area (Å²) < 4.78 is 0. The molecule has 100 valence electrons. The third-order valence-corrected chi connectivity index (χ3v) is 5.68. The third kappa shape index (κ3) is 3.24. The van der Waals surface area contributed by atoms with Gasteiger partial charge in [-0.2, -0.15) is 0 Å². The van der Waals surface area contributed by atoms with Crippen molar-refractivity contribution in [2.45, 2.75) is 83.6 Å². The molecule has 2 atom stereocenters. The van der Waals surface area contributed by atoms with Crippen LogP contribution < -0.4 is 5.73 Å². The Morgan fingerprint density at radius 3 is 2.35 bits per heavy atom. The van der Waals surface area contributed by atoms with Gasteiger partial charge in [0.15, 0.2) is 0 Å². The van der Waals surface area contributed by atoms with Gasteiger partial charge in [-0.15, -0.1) is 0 Å². The van der Waals surface area contributed by atoms with Crippen molar-refractivity contribution >= 4 is 0 Å². The summed E-state index contributed by atoms with van der Waals surface area (Å²) in [5.74, 6) is 2.74. The number of nitrogens with two attached hydrogens (primary N) is 1. The molecule has 2 rings (SSSR count). The highest BCUT2D eigenvalue weighted by molar-refractivity contribution is 4.95. The monoisotopic (exact) mass is 237 g/mol. The lowest BCUT2D eigenvalue weighted by Gasteiger charge is -2.41. The van der Waals surface area contributed by atoms with Gasteiger partial charge in [0.25, 0.3) is 0 Å². The number of hydrogen-bond acceptors (Lipinski definition) is 1. The van der Waals surface area contributed by atoms with E-state index in [1.54, 1.807) is 0 Å². The van der Waals surface area contributed by atoms with E-state index in [1.807, 2.05) is 0 Å². The van der Waals surface area contributed by atoms with Crippen molar-refractivity contribution in [3.8, 4) is 0 Å². The summed E-state index contributed by atoms with van der Waals surface area (Å²) >= 11 is 0. The first-order valence-corrected chi connectivity index (χ1v) is 7.93. The van der Waals surface area contributed by atoms with E-state index in [1.165, 1.54) is 64.2 Å². The number of hydrogen-bond donors (Lipinski definition) is 1. The van der Waals surface area contributed by atoms with Crippen LogP contribution in [0.4, 0.5) is 0 Å². The molecule has 1 heteroatoms. The average Bonchev–Trinajstić information content (AvgIpc) is 2.53. The first kappa shape index (κ1) is 13.4. The smallest absolute Gasteiger partial charge is 0.0182 e. The van der Waals surface area contributed by atoms with E-state index in [-0.39, 0.29) is 5.54 Å². The van der Waals surface area contributed by atoms with Crippen molar-refractivity contribution in [1.82, 2.24) is 0 Å². The second kappa shape index (κ2) is 5.73. The lowest BCUT2D eigenvalue weighted by Crippen LogP contribution is -2.48. The molecule has 0 amide bonds. The summed E-state index contributed by atoms with van der Waals surface area (Å²) in [6, 6.07) is 0. The molecule has 0 spiro atoms. The van der Waals surface area contributed by atoms with Gasteiger partial charge in [0.1, 0.15) is 0 Å². The van der Waals surface area contributed by atoms with Gasteiger partial charge >= 0.3 is 0 Å². The highest BCUT2D eigenvalue weighted by Crippen LogP contribution is 2.42. The van der Waals surface area contributed by atoms with Crippen molar-refractivity contribution in [1.29, 1.82) is 0 Å². The number of rotatable bonds is 2. The van der Waals surface area contributed by atoms with Crippen LogP contribution in [0.5, 0.6) is 0 Å². The van der Waals surface area contributed by atoms with Crippen molar-refractivity contribution in [3.63, 3.8) is 0 Å². The Kier molecular flexibility index (Phi) is 4.52. The summed E-state index contributed by atoms with van der Waals surface area (Å²) in [6.45, 7) is 4.75. The molecule has 1 nitrogen and oxygen atoms in total. The van der Waals surface area contributed by atoms with Crippen molar-refractivity contribution in [2.24, 2.45) is 23.5 Å². The molecule has 2 unspecified atom stereocenters. The molecular formula is C16H31N. The van der Waals surface area contributed by atoms with E-state index in [9.17, 15) is 0 Å². The molecule has 2 aliphatic rings. The van der Waals surface area contributed by atoms with Crippen LogP contribution in [0.3, 0.4) is 0 Å². The van der Waals surface area contributed by atoms with Gasteiger partial charge in [0, 0.05) is 5.54 Å². The van der Waals surface area contributed by atoms with Crippen LogP contribution in [-0.2, 0) is 0 Å². The van der Waals surface area contributed by atoms with Crippen LogP contribution in [0.1, 0.15) is 78.1 Å². The van der Waals surface area contributed by atoms with E-state index < -0.39 is 0 Å².